The van der Waals surface area contributed by atoms with Crippen LogP contribution in [0.3, 0.4) is 0 Å². The van der Waals surface area contributed by atoms with Crippen molar-refractivity contribution in [2.24, 2.45) is 0 Å². The third-order valence-corrected chi connectivity index (χ3v) is 2.01. The largest absolute Gasteiger partial charge is 0.384 e. The molecular weight excluding hydrogens is 196 g/mol. The van der Waals surface area contributed by atoms with Gasteiger partial charge in [0.05, 0.1) is 12.3 Å². The van der Waals surface area contributed by atoms with Crippen molar-refractivity contribution in [3.05, 3.63) is 11.8 Å². The fourth-order valence-corrected chi connectivity index (χ4v) is 1.26. The first-order chi connectivity index (χ1) is 6.95. The van der Waals surface area contributed by atoms with Crippen molar-refractivity contribution in [3.63, 3.8) is 0 Å². The molecule has 0 unspecified atom stereocenters. The maximum atomic E-state index is 10.8. The molecule has 0 spiro atoms. The molecule has 0 radical (unpaired) electrons. The molecule has 1 N–H and O–H groups in total. The summed E-state index contributed by atoms with van der Waals surface area (Å²) in [5, 5.41) is 6.42. The summed E-state index contributed by atoms with van der Waals surface area (Å²) in [6, 6.07) is 1.71. The van der Waals surface area contributed by atoms with Crippen LogP contribution in [0.2, 0.25) is 0 Å². The third-order valence-electron chi connectivity index (χ3n) is 2.01. The number of hydrogen-bond acceptors (Lipinski definition) is 4. The first-order valence-corrected chi connectivity index (χ1v) is 4.69. The van der Waals surface area contributed by atoms with Crippen molar-refractivity contribution in [1.29, 1.82) is 0 Å². The highest BCUT2D eigenvalue weighted by atomic mass is 16.5. The summed E-state index contributed by atoms with van der Waals surface area (Å²) in [6.45, 7) is 5.94. The number of hydrogen-bond donors (Lipinski definition) is 1. The van der Waals surface area contributed by atoms with Crippen LogP contribution in [-0.2, 0) is 14.9 Å². The highest BCUT2D eigenvalue weighted by Gasteiger charge is 2.25. The quantitative estimate of drug-likeness (QED) is 0.822. The Labute approximate surface area is 88.8 Å². The fraction of sp³-hybridized carbons (Fsp3) is 0.600. The number of nitrogens with zero attached hydrogens (tertiary/aromatic N) is 1. The Balaban J connectivity index is 2.78. The smallest absolute Gasteiger partial charge is 0.231 e. The van der Waals surface area contributed by atoms with Gasteiger partial charge in [0.25, 0.3) is 0 Å². The van der Waals surface area contributed by atoms with E-state index in [4.69, 9.17) is 9.26 Å². The minimum absolute atomic E-state index is 0.178. The molecule has 1 heterocycles. The van der Waals surface area contributed by atoms with Crippen molar-refractivity contribution in [2.45, 2.75) is 26.2 Å². The van der Waals surface area contributed by atoms with Gasteiger partial charge in [-0.1, -0.05) is 19.0 Å². The summed E-state index contributed by atoms with van der Waals surface area (Å²) >= 11 is 0. The molecule has 1 aromatic rings. The first kappa shape index (κ1) is 11.7. The van der Waals surface area contributed by atoms with Crippen LogP contribution in [0.5, 0.6) is 0 Å². The van der Waals surface area contributed by atoms with E-state index in [0.717, 1.165) is 5.69 Å². The number of methoxy groups -OCH3 is 1. The van der Waals surface area contributed by atoms with Crippen molar-refractivity contribution >= 4 is 11.8 Å². The molecule has 1 aromatic heterocycles. The Kier molecular flexibility index (Phi) is 3.47. The summed E-state index contributed by atoms with van der Waals surface area (Å²) in [4.78, 5) is 10.8. The lowest BCUT2D eigenvalue weighted by molar-refractivity contribution is -0.114. The molecule has 0 saturated heterocycles. The van der Waals surface area contributed by atoms with E-state index in [1.807, 2.05) is 13.8 Å². The molecule has 0 aromatic carbocycles. The Morgan fingerprint density at radius 2 is 2.33 bits per heavy atom. The van der Waals surface area contributed by atoms with E-state index >= 15 is 0 Å². The first-order valence-electron chi connectivity index (χ1n) is 4.69. The Morgan fingerprint density at radius 1 is 1.67 bits per heavy atom. The zero-order chi connectivity index (χ0) is 11.5. The van der Waals surface area contributed by atoms with Gasteiger partial charge < -0.3 is 9.26 Å². The Bertz CT molecular complexity index is 344. The highest BCUT2D eigenvalue weighted by molar-refractivity contribution is 5.87. The monoisotopic (exact) mass is 212 g/mol. The van der Waals surface area contributed by atoms with Crippen molar-refractivity contribution in [2.75, 3.05) is 19.0 Å². The van der Waals surface area contributed by atoms with Crippen LogP contribution in [-0.4, -0.2) is 24.8 Å². The van der Waals surface area contributed by atoms with Crippen LogP contribution in [0.25, 0.3) is 0 Å². The van der Waals surface area contributed by atoms with E-state index in [0.29, 0.717) is 12.5 Å². The van der Waals surface area contributed by atoms with Gasteiger partial charge in [0.2, 0.25) is 11.8 Å². The number of ether oxygens (including phenoxy) is 1. The molecule has 1 amide bonds. The van der Waals surface area contributed by atoms with Gasteiger partial charge >= 0.3 is 0 Å². The summed E-state index contributed by atoms with van der Waals surface area (Å²) in [6.07, 6.45) is 0. The number of rotatable bonds is 4. The van der Waals surface area contributed by atoms with Gasteiger partial charge in [0.1, 0.15) is 0 Å². The molecule has 1 rings (SSSR count). The number of nitrogens with one attached hydrogen (secondary N) is 1. The Morgan fingerprint density at radius 3 is 2.87 bits per heavy atom. The highest BCUT2D eigenvalue weighted by Crippen LogP contribution is 2.24. The average molecular weight is 212 g/mol. The predicted molar refractivity (Wildman–Crippen MR) is 55.7 cm³/mol. The second-order valence-corrected chi connectivity index (χ2v) is 4.07. The fourth-order valence-electron chi connectivity index (χ4n) is 1.26. The van der Waals surface area contributed by atoms with Crippen LogP contribution in [0.15, 0.2) is 10.6 Å². The standard InChI is InChI=1S/C10H16N2O3/c1-7(13)11-9-5-8(12-15-9)10(2,3)6-14-4/h5H,6H2,1-4H3,(H,11,13). The maximum Gasteiger partial charge on any atom is 0.231 e. The van der Waals surface area contributed by atoms with Crippen LogP contribution in [0.4, 0.5) is 5.88 Å². The molecule has 5 heteroatoms. The van der Waals surface area contributed by atoms with Crippen LogP contribution in [0.1, 0.15) is 26.5 Å². The molecule has 0 fully saturated rings. The minimum atomic E-state index is -0.227. The lowest BCUT2D eigenvalue weighted by atomic mass is 9.90. The van der Waals surface area contributed by atoms with E-state index in [-0.39, 0.29) is 11.3 Å². The lowest BCUT2D eigenvalue weighted by Gasteiger charge is -2.19. The van der Waals surface area contributed by atoms with Gasteiger partial charge in [-0.3, -0.25) is 10.1 Å². The lowest BCUT2D eigenvalue weighted by Crippen LogP contribution is -2.23. The number of carbonyl (C=O) groups excluding carboxylic acids is 1. The second kappa shape index (κ2) is 4.44. The van der Waals surface area contributed by atoms with Crippen LogP contribution in [0, 0.1) is 0 Å². The zero-order valence-corrected chi connectivity index (χ0v) is 9.46. The normalized spacial score (nSPS) is 11.5. The van der Waals surface area contributed by atoms with E-state index in [1.165, 1.54) is 6.92 Å². The molecule has 84 valence electrons. The van der Waals surface area contributed by atoms with Crippen LogP contribution < -0.4 is 5.32 Å². The van der Waals surface area contributed by atoms with E-state index < -0.39 is 0 Å². The van der Waals surface area contributed by atoms with E-state index in [9.17, 15) is 4.79 Å². The van der Waals surface area contributed by atoms with Gasteiger partial charge in [0, 0.05) is 25.5 Å². The topological polar surface area (TPSA) is 64.4 Å². The molecule has 15 heavy (non-hydrogen) atoms. The average Bonchev–Trinajstić information content (AvgIpc) is 2.51. The predicted octanol–water partition coefficient (Wildman–Crippen LogP) is 1.56. The minimum Gasteiger partial charge on any atom is -0.384 e. The molecule has 0 aliphatic rings. The summed E-state index contributed by atoms with van der Waals surface area (Å²) < 4.78 is 10.1. The maximum absolute atomic E-state index is 10.8. The van der Waals surface area contributed by atoms with Gasteiger partial charge in [0.15, 0.2) is 0 Å². The summed E-state index contributed by atoms with van der Waals surface area (Å²) in [5.74, 6) is 0.184. The molecular formula is C10H16N2O3. The summed E-state index contributed by atoms with van der Waals surface area (Å²) in [5.41, 5.74) is 0.530. The van der Waals surface area contributed by atoms with E-state index in [2.05, 4.69) is 10.5 Å². The van der Waals surface area contributed by atoms with Gasteiger partial charge in [-0.25, -0.2) is 0 Å². The van der Waals surface area contributed by atoms with Crippen LogP contribution >= 0.6 is 0 Å². The van der Waals surface area contributed by atoms with Crippen molar-refractivity contribution in [3.8, 4) is 0 Å². The number of aromatic nitrogens is 1. The molecule has 5 nitrogen and oxygen atoms in total. The molecule has 0 aliphatic carbocycles. The Hall–Kier alpha value is -1.36. The zero-order valence-electron chi connectivity index (χ0n) is 9.46. The van der Waals surface area contributed by atoms with Crippen molar-refractivity contribution in [1.82, 2.24) is 5.16 Å². The van der Waals surface area contributed by atoms with Gasteiger partial charge in [-0.05, 0) is 0 Å². The SMILES string of the molecule is COCC(C)(C)c1cc(NC(C)=O)on1. The second-order valence-electron chi connectivity index (χ2n) is 4.07. The summed E-state index contributed by atoms with van der Waals surface area (Å²) in [7, 11) is 1.64. The third kappa shape index (κ3) is 3.06. The number of carbonyl (C=O) groups is 1. The molecule has 0 saturated carbocycles. The van der Waals surface area contributed by atoms with E-state index in [1.54, 1.807) is 13.2 Å². The number of anilines is 1. The van der Waals surface area contributed by atoms with Gasteiger partial charge in [-0.2, -0.15) is 0 Å². The molecule has 0 atom stereocenters. The van der Waals surface area contributed by atoms with Gasteiger partial charge in [-0.15, -0.1) is 0 Å². The van der Waals surface area contributed by atoms with Crippen molar-refractivity contribution < 1.29 is 14.1 Å². The molecule has 0 bridgehead atoms. The molecule has 0 aliphatic heterocycles. The number of amides is 1.